The third-order valence-corrected chi connectivity index (χ3v) is 4.55. The average molecular weight is 342 g/mol. The SMILES string of the molecule is CCn1cc(Br)cc1C(=O)NCCC1CCN(C)CC1. The number of carbonyl (C=O) groups is 1. The quantitative estimate of drug-likeness (QED) is 0.893. The molecule has 1 amide bonds. The minimum Gasteiger partial charge on any atom is -0.351 e. The summed E-state index contributed by atoms with van der Waals surface area (Å²) in [5.74, 6) is 0.793. The smallest absolute Gasteiger partial charge is 0.267 e. The number of amides is 1. The van der Waals surface area contributed by atoms with Crippen LogP contribution in [0.3, 0.4) is 0 Å². The van der Waals surface area contributed by atoms with Crippen molar-refractivity contribution in [1.29, 1.82) is 0 Å². The van der Waals surface area contributed by atoms with Crippen molar-refractivity contribution in [3.63, 3.8) is 0 Å². The molecule has 1 fully saturated rings. The molecule has 0 unspecified atom stereocenters. The summed E-state index contributed by atoms with van der Waals surface area (Å²) < 4.78 is 2.93. The maximum atomic E-state index is 12.2. The fourth-order valence-corrected chi connectivity index (χ4v) is 3.22. The van der Waals surface area contributed by atoms with E-state index in [1.165, 1.54) is 25.9 Å². The summed E-state index contributed by atoms with van der Waals surface area (Å²) in [5.41, 5.74) is 0.739. The Kier molecular flexibility index (Phi) is 5.66. The zero-order chi connectivity index (χ0) is 14.5. The lowest BCUT2D eigenvalue weighted by atomic mass is 9.94. The van der Waals surface area contributed by atoms with Crippen LogP contribution in [0.25, 0.3) is 0 Å². The highest BCUT2D eigenvalue weighted by molar-refractivity contribution is 9.10. The van der Waals surface area contributed by atoms with Crippen LogP contribution >= 0.6 is 15.9 Å². The van der Waals surface area contributed by atoms with E-state index in [-0.39, 0.29) is 5.91 Å². The summed E-state index contributed by atoms with van der Waals surface area (Å²) in [6.07, 6.45) is 5.55. The first kappa shape index (κ1) is 15.6. The molecule has 2 rings (SSSR count). The molecule has 1 aromatic heterocycles. The number of halogens is 1. The monoisotopic (exact) mass is 341 g/mol. The summed E-state index contributed by atoms with van der Waals surface area (Å²) in [6.45, 7) is 6.00. The van der Waals surface area contributed by atoms with Crippen molar-refractivity contribution >= 4 is 21.8 Å². The highest BCUT2D eigenvalue weighted by atomic mass is 79.9. The van der Waals surface area contributed by atoms with Gasteiger partial charge in [0.1, 0.15) is 5.69 Å². The highest BCUT2D eigenvalue weighted by Gasteiger charge is 2.17. The van der Waals surface area contributed by atoms with Crippen molar-refractivity contribution in [3.8, 4) is 0 Å². The first-order chi connectivity index (χ1) is 9.60. The van der Waals surface area contributed by atoms with Crippen LogP contribution in [0.2, 0.25) is 0 Å². The van der Waals surface area contributed by atoms with Gasteiger partial charge in [-0.05, 0) is 74.2 Å². The van der Waals surface area contributed by atoms with Crippen molar-refractivity contribution in [1.82, 2.24) is 14.8 Å². The molecule has 0 aromatic carbocycles. The maximum absolute atomic E-state index is 12.2. The molecule has 4 nitrogen and oxygen atoms in total. The van der Waals surface area contributed by atoms with Crippen LogP contribution in [-0.2, 0) is 6.54 Å². The molecule has 1 aliphatic rings. The van der Waals surface area contributed by atoms with Gasteiger partial charge in [-0.3, -0.25) is 4.79 Å². The van der Waals surface area contributed by atoms with Gasteiger partial charge in [-0.2, -0.15) is 0 Å². The number of carbonyl (C=O) groups excluding carboxylic acids is 1. The van der Waals surface area contributed by atoms with Crippen LogP contribution in [0.1, 0.15) is 36.7 Å². The van der Waals surface area contributed by atoms with Crippen molar-refractivity contribution in [2.45, 2.75) is 32.7 Å². The molecule has 1 aromatic rings. The van der Waals surface area contributed by atoms with E-state index in [1.807, 2.05) is 23.8 Å². The molecule has 2 heterocycles. The van der Waals surface area contributed by atoms with E-state index in [1.54, 1.807) is 0 Å². The number of aromatic nitrogens is 1. The fraction of sp³-hybridized carbons (Fsp3) is 0.667. The summed E-state index contributed by atoms with van der Waals surface area (Å²) in [5, 5.41) is 3.05. The van der Waals surface area contributed by atoms with Crippen molar-refractivity contribution < 1.29 is 4.79 Å². The molecule has 1 aliphatic heterocycles. The molecular weight excluding hydrogens is 318 g/mol. The van der Waals surface area contributed by atoms with Crippen LogP contribution in [0.4, 0.5) is 0 Å². The van der Waals surface area contributed by atoms with Gasteiger partial charge in [-0.1, -0.05) is 0 Å². The second-order valence-corrected chi connectivity index (χ2v) is 6.54. The third kappa shape index (κ3) is 4.09. The topological polar surface area (TPSA) is 37.3 Å². The third-order valence-electron chi connectivity index (χ3n) is 4.11. The van der Waals surface area contributed by atoms with Crippen LogP contribution in [0, 0.1) is 5.92 Å². The average Bonchev–Trinajstić information content (AvgIpc) is 2.82. The predicted octanol–water partition coefficient (Wildman–Crippen LogP) is 2.73. The Bertz CT molecular complexity index is 450. The summed E-state index contributed by atoms with van der Waals surface area (Å²) in [4.78, 5) is 14.5. The van der Waals surface area contributed by atoms with Crippen molar-refractivity contribution in [2.24, 2.45) is 5.92 Å². The van der Waals surface area contributed by atoms with E-state index in [9.17, 15) is 4.79 Å². The molecule has 5 heteroatoms. The van der Waals surface area contributed by atoms with Gasteiger partial charge in [0.05, 0.1) is 0 Å². The predicted molar refractivity (Wildman–Crippen MR) is 85.0 cm³/mol. The Labute approximate surface area is 129 Å². The Morgan fingerprint density at radius 2 is 2.15 bits per heavy atom. The van der Waals surface area contributed by atoms with Gasteiger partial charge in [0.15, 0.2) is 0 Å². The Balaban J connectivity index is 1.77. The van der Waals surface area contributed by atoms with E-state index in [0.29, 0.717) is 0 Å². The number of nitrogens with one attached hydrogen (secondary N) is 1. The van der Waals surface area contributed by atoms with E-state index in [0.717, 1.165) is 35.6 Å². The van der Waals surface area contributed by atoms with Gasteiger partial charge < -0.3 is 14.8 Å². The number of nitrogens with zero attached hydrogens (tertiary/aromatic N) is 2. The molecule has 1 N–H and O–H groups in total. The Morgan fingerprint density at radius 1 is 1.45 bits per heavy atom. The zero-order valence-electron chi connectivity index (χ0n) is 12.4. The molecule has 20 heavy (non-hydrogen) atoms. The number of hydrogen-bond donors (Lipinski definition) is 1. The first-order valence-corrected chi connectivity index (χ1v) is 8.22. The zero-order valence-corrected chi connectivity index (χ0v) is 13.9. The lowest BCUT2D eigenvalue weighted by Crippen LogP contribution is -2.33. The first-order valence-electron chi connectivity index (χ1n) is 7.42. The van der Waals surface area contributed by atoms with Gasteiger partial charge in [0.2, 0.25) is 0 Å². The summed E-state index contributed by atoms with van der Waals surface area (Å²) in [7, 11) is 2.18. The van der Waals surface area contributed by atoms with E-state index < -0.39 is 0 Å². The largest absolute Gasteiger partial charge is 0.351 e. The number of piperidine rings is 1. The second-order valence-electron chi connectivity index (χ2n) is 5.62. The maximum Gasteiger partial charge on any atom is 0.267 e. The number of hydrogen-bond acceptors (Lipinski definition) is 2. The minimum atomic E-state index is 0.0328. The highest BCUT2D eigenvalue weighted by Crippen LogP contribution is 2.19. The summed E-state index contributed by atoms with van der Waals surface area (Å²) >= 11 is 3.42. The number of aryl methyl sites for hydroxylation is 1. The molecule has 0 spiro atoms. The molecule has 0 aliphatic carbocycles. The van der Waals surface area contributed by atoms with Crippen molar-refractivity contribution in [3.05, 3.63) is 22.4 Å². The van der Waals surface area contributed by atoms with Crippen LogP contribution < -0.4 is 5.32 Å². The minimum absolute atomic E-state index is 0.0328. The second kappa shape index (κ2) is 7.27. The van der Waals surface area contributed by atoms with Gasteiger partial charge in [0.25, 0.3) is 5.91 Å². The van der Waals surface area contributed by atoms with Gasteiger partial charge in [-0.15, -0.1) is 0 Å². The van der Waals surface area contributed by atoms with E-state index >= 15 is 0 Å². The van der Waals surface area contributed by atoms with Crippen LogP contribution in [-0.4, -0.2) is 42.1 Å². The molecule has 1 saturated heterocycles. The molecular formula is C15H24BrN3O. The number of likely N-dealkylation sites (tertiary alicyclic amines) is 1. The van der Waals surface area contributed by atoms with E-state index in [4.69, 9.17) is 0 Å². The Morgan fingerprint density at radius 3 is 2.80 bits per heavy atom. The van der Waals surface area contributed by atoms with Crippen molar-refractivity contribution in [2.75, 3.05) is 26.7 Å². The Hall–Kier alpha value is -0.810. The molecule has 0 radical (unpaired) electrons. The van der Waals surface area contributed by atoms with Gasteiger partial charge in [-0.25, -0.2) is 0 Å². The standard InChI is InChI=1S/C15H24BrN3O/c1-3-19-11-13(16)10-14(19)15(20)17-7-4-12-5-8-18(2)9-6-12/h10-12H,3-9H2,1-2H3,(H,17,20). The normalized spacial score (nSPS) is 17.4. The lowest BCUT2D eigenvalue weighted by molar-refractivity contribution is 0.0940. The van der Waals surface area contributed by atoms with Gasteiger partial charge >= 0.3 is 0 Å². The van der Waals surface area contributed by atoms with Crippen LogP contribution in [0.5, 0.6) is 0 Å². The molecule has 112 valence electrons. The van der Waals surface area contributed by atoms with E-state index in [2.05, 4.69) is 33.2 Å². The van der Waals surface area contributed by atoms with Gasteiger partial charge in [0, 0.05) is 23.8 Å². The number of rotatable bonds is 5. The molecule has 0 bridgehead atoms. The summed E-state index contributed by atoms with van der Waals surface area (Å²) in [6, 6.07) is 1.88. The molecule has 0 atom stereocenters. The lowest BCUT2D eigenvalue weighted by Gasteiger charge is -2.28. The molecule has 0 saturated carbocycles. The fourth-order valence-electron chi connectivity index (χ4n) is 2.76. The van der Waals surface area contributed by atoms with Crippen LogP contribution in [0.15, 0.2) is 16.7 Å².